The van der Waals surface area contributed by atoms with Crippen LogP contribution in [0, 0.1) is 5.82 Å². The van der Waals surface area contributed by atoms with Gasteiger partial charge in [-0.05, 0) is 25.1 Å². The Hall–Kier alpha value is -2.95. The number of rotatable bonds is 3. The molecule has 0 radical (unpaired) electrons. The van der Waals surface area contributed by atoms with Crippen LogP contribution in [0.5, 0.6) is 0 Å². The second kappa shape index (κ2) is 6.28. The Bertz CT molecular complexity index is 843. The zero-order valence-corrected chi connectivity index (χ0v) is 13.4. The van der Waals surface area contributed by atoms with Crippen LogP contribution in [0.25, 0.3) is 11.3 Å². The fourth-order valence-electron chi connectivity index (χ4n) is 2.81. The summed E-state index contributed by atoms with van der Waals surface area (Å²) in [4.78, 5) is 25.8. The molecule has 2 aromatic carbocycles. The Balaban J connectivity index is 2.31. The number of anilines is 1. The lowest BCUT2D eigenvalue weighted by Crippen LogP contribution is -2.31. The lowest BCUT2D eigenvalue weighted by molar-refractivity contribution is -0.122. The predicted molar refractivity (Wildman–Crippen MR) is 89.4 cm³/mol. The maximum absolute atomic E-state index is 13.8. The van der Waals surface area contributed by atoms with Gasteiger partial charge < -0.3 is 4.74 Å². The minimum atomic E-state index is -0.504. The average Bonchev–Trinajstić information content (AvgIpc) is 2.85. The maximum Gasteiger partial charge on any atom is 0.269 e. The molecule has 0 unspecified atom stereocenters. The van der Waals surface area contributed by atoms with Gasteiger partial charge in [0.1, 0.15) is 11.6 Å². The van der Waals surface area contributed by atoms with Crippen molar-refractivity contribution in [3.05, 3.63) is 65.5 Å². The van der Waals surface area contributed by atoms with Crippen LogP contribution in [0.15, 0.2) is 48.5 Å². The van der Waals surface area contributed by atoms with Gasteiger partial charge in [0.2, 0.25) is 5.91 Å². The van der Waals surface area contributed by atoms with Crippen LogP contribution in [0.2, 0.25) is 0 Å². The fraction of sp³-hybridized carbons (Fsp3) is 0.158. The number of hydrogen-bond acceptors (Lipinski definition) is 3. The van der Waals surface area contributed by atoms with Crippen molar-refractivity contribution in [3.63, 3.8) is 0 Å². The molecule has 0 saturated carbocycles. The van der Waals surface area contributed by atoms with Gasteiger partial charge in [0, 0.05) is 18.1 Å². The third-order valence-electron chi connectivity index (χ3n) is 3.75. The van der Waals surface area contributed by atoms with E-state index in [4.69, 9.17) is 4.74 Å². The minimum absolute atomic E-state index is 0.202. The standard InChI is InChI=1S/C19H16FNO3/c1-3-24-18(13-7-5-4-6-8-13)17-15-11-14(20)9-10-16(15)21(12(2)22)19(17)23/h4-11H,3H2,1-2H3. The molecule has 0 atom stereocenters. The Morgan fingerprint density at radius 3 is 2.50 bits per heavy atom. The summed E-state index contributed by atoms with van der Waals surface area (Å²) >= 11 is 0. The third-order valence-corrected chi connectivity index (χ3v) is 3.75. The lowest BCUT2D eigenvalue weighted by Gasteiger charge is -2.13. The number of carbonyl (C=O) groups excluding carboxylic acids is 2. The topological polar surface area (TPSA) is 46.6 Å². The zero-order valence-electron chi connectivity index (χ0n) is 13.4. The Morgan fingerprint density at radius 2 is 1.88 bits per heavy atom. The first-order chi connectivity index (χ1) is 11.5. The van der Waals surface area contributed by atoms with E-state index in [0.29, 0.717) is 29.2 Å². The monoisotopic (exact) mass is 325 g/mol. The predicted octanol–water partition coefficient (Wildman–Crippen LogP) is 3.62. The fourth-order valence-corrected chi connectivity index (χ4v) is 2.81. The van der Waals surface area contributed by atoms with Gasteiger partial charge in [-0.2, -0.15) is 0 Å². The normalized spacial score (nSPS) is 15.3. The van der Waals surface area contributed by atoms with Gasteiger partial charge in [0.25, 0.3) is 5.91 Å². The molecule has 2 aromatic rings. The third kappa shape index (κ3) is 2.58. The van der Waals surface area contributed by atoms with Crippen molar-refractivity contribution >= 4 is 28.8 Å². The largest absolute Gasteiger partial charge is 0.492 e. The van der Waals surface area contributed by atoms with Crippen LogP contribution >= 0.6 is 0 Å². The number of fused-ring (bicyclic) bond motifs is 1. The van der Waals surface area contributed by atoms with Gasteiger partial charge in [-0.25, -0.2) is 9.29 Å². The van der Waals surface area contributed by atoms with Gasteiger partial charge in [0.15, 0.2) is 0 Å². The van der Waals surface area contributed by atoms with Crippen LogP contribution in [0.3, 0.4) is 0 Å². The smallest absolute Gasteiger partial charge is 0.269 e. The van der Waals surface area contributed by atoms with Crippen LogP contribution < -0.4 is 4.90 Å². The second-order valence-corrected chi connectivity index (χ2v) is 5.32. The molecule has 0 fully saturated rings. The van der Waals surface area contributed by atoms with Gasteiger partial charge >= 0.3 is 0 Å². The molecule has 0 saturated heterocycles. The summed E-state index contributed by atoms with van der Waals surface area (Å²) in [5, 5.41) is 0. The van der Waals surface area contributed by atoms with Gasteiger partial charge in [-0.1, -0.05) is 30.3 Å². The molecule has 3 rings (SSSR count). The molecular weight excluding hydrogens is 309 g/mol. The van der Waals surface area contributed by atoms with E-state index in [-0.39, 0.29) is 5.57 Å². The first-order valence-corrected chi connectivity index (χ1v) is 7.62. The highest BCUT2D eigenvalue weighted by Gasteiger charge is 2.38. The van der Waals surface area contributed by atoms with Crippen molar-refractivity contribution in [3.8, 4) is 0 Å². The molecule has 1 aliphatic rings. The van der Waals surface area contributed by atoms with E-state index < -0.39 is 17.6 Å². The number of imide groups is 1. The molecule has 0 aromatic heterocycles. The van der Waals surface area contributed by atoms with E-state index in [9.17, 15) is 14.0 Å². The highest BCUT2D eigenvalue weighted by molar-refractivity contribution is 6.42. The number of nitrogens with zero attached hydrogens (tertiary/aromatic N) is 1. The van der Waals surface area contributed by atoms with E-state index in [1.54, 1.807) is 19.1 Å². The molecule has 2 amide bonds. The number of hydrogen-bond donors (Lipinski definition) is 0. The Labute approximate surface area is 139 Å². The summed E-state index contributed by atoms with van der Waals surface area (Å²) in [6, 6.07) is 13.0. The number of benzene rings is 2. The maximum atomic E-state index is 13.8. The summed E-state index contributed by atoms with van der Waals surface area (Å²) in [6.07, 6.45) is 0. The number of carbonyl (C=O) groups is 2. The first kappa shape index (κ1) is 15.9. The molecule has 1 aliphatic heterocycles. The van der Waals surface area contributed by atoms with E-state index in [2.05, 4.69) is 0 Å². The van der Waals surface area contributed by atoms with E-state index >= 15 is 0 Å². The van der Waals surface area contributed by atoms with Crippen molar-refractivity contribution in [2.75, 3.05) is 11.5 Å². The SMILES string of the molecule is CCOC(=C1C(=O)N(C(C)=O)c2ccc(F)cc21)c1ccccc1. The van der Waals surface area contributed by atoms with Crippen molar-refractivity contribution in [1.82, 2.24) is 0 Å². The molecule has 122 valence electrons. The Morgan fingerprint density at radius 1 is 1.17 bits per heavy atom. The summed E-state index contributed by atoms with van der Waals surface area (Å²) in [5.41, 5.74) is 1.63. The first-order valence-electron chi connectivity index (χ1n) is 7.62. The molecule has 0 spiro atoms. The molecular formula is C19H16FNO3. The molecule has 4 nitrogen and oxygen atoms in total. The van der Waals surface area contributed by atoms with Crippen molar-refractivity contribution in [2.45, 2.75) is 13.8 Å². The second-order valence-electron chi connectivity index (χ2n) is 5.32. The van der Waals surface area contributed by atoms with Gasteiger partial charge in [0.05, 0.1) is 17.9 Å². The molecule has 0 bridgehead atoms. The average molecular weight is 325 g/mol. The van der Waals surface area contributed by atoms with Crippen molar-refractivity contribution in [2.24, 2.45) is 0 Å². The molecule has 5 heteroatoms. The van der Waals surface area contributed by atoms with E-state index in [1.807, 2.05) is 18.2 Å². The van der Waals surface area contributed by atoms with Crippen LogP contribution in [-0.2, 0) is 14.3 Å². The van der Waals surface area contributed by atoms with Crippen LogP contribution in [-0.4, -0.2) is 18.4 Å². The quantitative estimate of drug-likeness (QED) is 0.639. The van der Waals surface area contributed by atoms with Crippen molar-refractivity contribution < 1.29 is 18.7 Å². The highest BCUT2D eigenvalue weighted by atomic mass is 19.1. The summed E-state index contributed by atoms with van der Waals surface area (Å²) in [6.45, 7) is 3.45. The van der Waals surface area contributed by atoms with Crippen molar-refractivity contribution in [1.29, 1.82) is 0 Å². The van der Waals surface area contributed by atoms with Crippen LogP contribution in [0.1, 0.15) is 25.0 Å². The molecule has 0 N–H and O–H groups in total. The summed E-state index contributed by atoms with van der Waals surface area (Å²) in [5.74, 6) is -1.06. The van der Waals surface area contributed by atoms with Gasteiger partial charge in [-0.3, -0.25) is 9.59 Å². The summed E-state index contributed by atoms with van der Waals surface area (Å²) in [7, 11) is 0. The lowest BCUT2D eigenvalue weighted by atomic mass is 10.0. The van der Waals surface area contributed by atoms with Crippen LogP contribution in [0.4, 0.5) is 10.1 Å². The highest BCUT2D eigenvalue weighted by Crippen LogP contribution is 2.41. The Kier molecular flexibility index (Phi) is 4.16. The molecule has 1 heterocycles. The summed E-state index contributed by atoms with van der Waals surface area (Å²) < 4.78 is 19.5. The van der Waals surface area contributed by atoms with E-state index in [1.165, 1.54) is 25.1 Å². The minimum Gasteiger partial charge on any atom is -0.492 e. The zero-order chi connectivity index (χ0) is 17.3. The van der Waals surface area contributed by atoms with E-state index in [0.717, 1.165) is 4.90 Å². The number of ether oxygens (including phenoxy) is 1. The number of amides is 2. The number of halogens is 1. The van der Waals surface area contributed by atoms with Gasteiger partial charge in [-0.15, -0.1) is 0 Å². The molecule has 0 aliphatic carbocycles. The molecule has 24 heavy (non-hydrogen) atoms.